The van der Waals surface area contributed by atoms with E-state index in [4.69, 9.17) is 0 Å². The topological polar surface area (TPSA) is 17.8 Å². The average Bonchev–Trinajstić information content (AvgIpc) is 2.53. The number of rotatable bonds is 2. The first-order valence-corrected chi connectivity index (χ1v) is 4.87. The highest BCUT2D eigenvalue weighted by molar-refractivity contribution is 7.99. The highest BCUT2D eigenvalue weighted by Gasteiger charge is 1.98. The molecule has 66 valence electrons. The fourth-order valence-electron chi connectivity index (χ4n) is 1.05. The van der Waals surface area contributed by atoms with E-state index in [2.05, 4.69) is 17.1 Å². The molecule has 0 amide bonds. The van der Waals surface area contributed by atoms with Crippen molar-refractivity contribution < 1.29 is 0 Å². The second-order valence-corrected chi connectivity index (χ2v) is 3.89. The molecule has 0 bridgehead atoms. The Bertz CT molecular complexity index is 381. The van der Waals surface area contributed by atoms with Gasteiger partial charge in [-0.2, -0.15) is 0 Å². The minimum atomic E-state index is 1.04. The van der Waals surface area contributed by atoms with Crippen molar-refractivity contribution in [2.75, 3.05) is 0 Å². The summed E-state index contributed by atoms with van der Waals surface area (Å²) >= 11 is 1.68. The van der Waals surface area contributed by atoms with Crippen LogP contribution in [0.4, 0.5) is 0 Å². The Labute approximate surface area is 81.6 Å². The van der Waals surface area contributed by atoms with Gasteiger partial charge in [-0.3, -0.25) is 0 Å². The van der Waals surface area contributed by atoms with Gasteiger partial charge in [0.2, 0.25) is 0 Å². The zero-order valence-electron chi connectivity index (χ0n) is 7.34. The molecule has 2 aromatic rings. The van der Waals surface area contributed by atoms with E-state index >= 15 is 0 Å². The summed E-state index contributed by atoms with van der Waals surface area (Å²) in [5.74, 6) is 0. The lowest BCUT2D eigenvalue weighted by molar-refractivity contribution is 0.912. The predicted molar refractivity (Wildman–Crippen MR) is 53.8 cm³/mol. The van der Waals surface area contributed by atoms with Crippen LogP contribution in [-0.2, 0) is 7.05 Å². The van der Waals surface area contributed by atoms with Gasteiger partial charge in [0, 0.05) is 18.1 Å². The molecule has 13 heavy (non-hydrogen) atoms. The molecule has 0 radical (unpaired) electrons. The molecule has 3 heteroatoms. The average molecular weight is 190 g/mol. The van der Waals surface area contributed by atoms with Crippen molar-refractivity contribution in [1.82, 2.24) is 9.55 Å². The van der Waals surface area contributed by atoms with E-state index in [1.54, 1.807) is 11.8 Å². The molecule has 1 aromatic heterocycles. The van der Waals surface area contributed by atoms with E-state index in [1.807, 2.05) is 42.3 Å². The van der Waals surface area contributed by atoms with Crippen molar-refractivity contribution in [1.29, 1.82) is 0 Å². The van der Waals surface area contributed by atoms with Crippen molar-refractivity contribution in [2.45, 2.75) is 9.92 Å². The van der Waals surface area contributed by atoms with Crippen LogP contribution in [0.1, 0.15) is 0 Å². The van der Waals surface area contributed by atoms with Crippen molar-refractivity contribution in [3.63, 3.8) is 0 Å². The number of imidazole rings is 1. The van der Waals surface area contributed by atoms with E-state index in [9.17, 15) is 0 Å². The molecule has 0 aliphatic rings. The van der Waals surface area contributed by atoms with Crippen LogP contribution < -0.4 is 0 Å². The van der Waals surface area contributed by atoms with Crippen LogP contribution in [0.25, 0.3) is 0 Å². The molecular weight excluding hydrogens is 180 g/mol. The van der Waals surface area contributed by atoms with Gasteiger partial charge in [0.05, 0.1) is 6.33 Å². The minimum Gasteiger partial charge on any atom is -0.339 e. The van der Waals surface area contributed by atoms with Crippen LogP contribution in [-0.4, -0.2) is 9.55 Å². The van der Waals surface area contributed by atoms with Gasteiger partial charge in [-0.25, -0.2) is 4.98 Å². The number of hydrogen-bond acceptors (Lipinski definition) is 2. The predicted octanol–water partition coefficient (Wildman–Crippen LogP) is 2.57. The van der Waals surface area contributed by atoms with Crippen LogP contribution in [0, 0.1) is 0 Å². The maximum Gasteiger partial charge on any atom is 0.119 e. The summed E-state index contributed by atoms with van der Waals surface area (Å²) < 4.78 is 1.95. The number of aryl methyl sites for hydroxylation is 1. The molecule has 2 rings (SSSR count). The van der Waals surface area contributed by atoms with Crippen LogP contribution in [0.2, 0.25) is 0 Å². The third-order valence-corrected chi connectivity index (χ3v) is 2.57. The largest absolute Gasteiger partial charge is 0.339 e. The van der Waals surface area contributed by atoms with Crippen LogP contribution in [0.15, 0.2) is 52.8 Å². The number of hydrogen-bond donors (Lipinski definition) is 0. The minimum absolute atomic E-state index is 1.04. The molecule has 0 saturated heterocycles. The lowest BCUT2D eigenvalue weighted by Gasteiger charge is -1.95. The summed E-state index contributed by atoms with van der Waals surface area (Å²) in [6, 6.07) is 10.2. The normalized spacial score (nSPS) is 10.2. The maximum atomic E-state index is 4.24. The van der Waals surface area contributed by atoms with Gasteiger partial charge in [-0.05, 0) is 12.1 Å². The van der Waals surface area contributed by atoms with Gasteiger partial charge in [-0.15, -0.1) is 0 Å². The van der Waals surface area contributed by atoms with Crippen LogP contribution in [0.5, 0.6) is 0 Å². The molecule has 0 aliphatic carbocycles. The Balaban J connectivity index is 2.15. The van der Waals surface area contributed by atoms with Crippen molar-refractivity contribution in [3.8, 4) is 0 Å². The van der Waals surface area contributed by atoms with Crippen LogP contribution in [0.3, 0.4) is 0 Å². The molecule has 0 aliphatic heterocycles. The smallest absolute Gasteiger partial charge is 0.119 e. The molecule has 1 aromatic carbocycles. The van der Waals surface area contributed by atoms with Crippen molar-refractivity contribution in [3.05, 3.63) is 42.9 Å². The maximum absolute atomic E-state index is 4.24. The Kier molecular flexibility index (Phi) is 2.36. The highest BCUT2D eigenvalue weighted by atomic mass is 32.2. The first kappa shape index (κ1) is 8.38. The number of aromatic nitrogens is 2. The third-order valence-electron chi connectivity index (χ3n) is 1.65. The van der Waals surface area contributed by atoms with Gasteiger partial charge < -0.3 is 4.57 Å². The third kappa shape index (κ3) is 2.12. The highest BCUT2D eigenvalue weighted by Crippen LogP contribution is 2.24. The lowest BCUT2D eigenvalue weighted by Crippen LogP contribution is -1.77. The summed E-state index contributed by atoms with van der Waals surface area (Å²) in [4.78, 5) is 5.46. The zero-order chi connectivity index (χ0) is 9.10. The zero-order valence-corrected chi connectivity index (χ0v) is 8.16. The van der Waals surface area contributed by atoms with Gasteiger partial charge in [0.25, 0.3) is 0 Å². The first-order chi connectivity index (χ1) is 6.34. The van der Waals surface area contributed by atoms with E-state index in [-0.39, 0.29) is 0 Å². The molecular formula is C10H10N2S. The van der Waals surface area contributed by atoms with Gasteiger partial charge >= 0.3 is 0 Å². The number of benzene rings is 1. The summed E-state index contributed by atoms with van der Waals surface area (Å²) in [6.45, 7) is 0. The quantitative estimate of drug-likeness (QED) is 0.724. The van der Waals surface area contributed by atoms with E-state index in [1.165, 1.54) is 4.90 Å². The Morgan fingerprint density at radius 2 is 2.00 bits per heavy atom. The summed E-state index contributed by atoms with van der Waals surface area (Å²) in [5.41, 5.74) is 0. The lowest BCUT2D eigenvalue weighted by atomic mass is 10.4. The van der Waals surface area contributed by atoms with Gasteiger partial charge in [-0.1, -0.05) is 30.0 Å². The second-order valence-electron chi connectivity index (χ2n) is 2.79. The van der Waals surface area contributed by atoms with E-state index < -0.39 is 0 Å². The Hall–Kier alpha value is -1.22. The molecule has 0 saturated carbocycles. The van der Waals surface area contributed by atoms with Gasteiger partial charge in [0.1, 0.15) is 5.03 Å². The SMILES string of the molecule is Cn1cnc(Sc2ccccc2)c1. The monoisotopic (exact) mass is 190 g/mol. The first-order valence-electron chi connectivity index (χ1n) is 4.05. The van der Waals surface area contributed by atoms with Gasteiger partial charge in [0.15, 0.2) is 0 Å². The van der Waals surface area contributed by atoms with Crippen molar-refractivity contribution in [2.24, 2.45) is 7.05 Å². The molecule has 0 atom stereocenters. The van der Waals surface area contributed by atoms with Crippen LogP contribution >= 0.6 is 11.8 Å². The molecule has 0 spiro atoms. The molecule has 0 unspecified atom stereocenters. The summed E-state index contributed by atoms with van der Waals surface area (Å²) in [6.07, 6.45) is 3.82. The number of nitrogens with zero attached hydrogens (tertiary/aromatic N) is 2. The van der Waals surface area contributed by atoms with E-state index in [0.29, 0.717) is 0 Å². The summed E-state index contributed by atoms with van der Waals surface area (Å²) in [5, 5.41) is 1.04. The fourth-order valence-corrected chi connectivity index (χ4v) is 1.90. The molecule has 0 fully saturated rings. The molecule has 0 N–H and O–H groups in total. The molecule has 2 nitrogen and oxygen atoms in total. The Morgan fingerprint density at radius 3 is 2.62 bits per heavy atom. The van der Waals surface area contributed by atoms with E-state index in [0.717, 1.165) is 5.03 Å². The molecule has 1 heterocycles. The summed E-state index contributed by atoms with van der Waals surface area (Å²) in [7, 11) is 1.97. The standard InChI is InChI=1S/C10H10N2S/c1-12-7-10(11-8-12)13-9-5-3-2-4-6-9/h2-8H,1H3. The second kappa shape index (κ2) is 3.66. The fraction of sp³-hybridized carbons (Fsp3) is 0.100. The Morgan fingerprint density at radius 1 is 1.23 bits per heavy atom. The van der Waals surface area contributed by atoms with Crippen molar-refractivity contribution >= 4 is 11.8 Å².